The van der Waals surface area contributed by atoms with Gasteiger partial charge in [-0.15, -0.1) is 0 Å². The number of nitrogens with one attached hydrogen (secondary N) is 1. The van der Waals surface area contributed by atoms with Gasteiger partial charge >= 0.3 is 0 Å². The van der Waals surface area contributed by atoms with Gasteiger partial charge < -0.3 is 24.4 Å². The van der Waals surface area contributed by atoms with Gasteiger partial charge in [0.1, 0.15) is 11.5 Å². The smallest absolute Gasteiger partial charge is 0.219 e. The molecule has 1 fully saturated rings. The molecule has 7 heteroatoms. The Balaban J connectivity index is 1.61. The summed E-state index contributed by atoms with van der Waals surface area (Å²) in [4.78, 5) is 11.5. The largest absolute Gasteiger partial charge is 0.494 e. The zero-order chi connectivity index (χ0) is 21.9. The fraction of sp³-hybridized carbons (Fsp3) is 0.500. The van der Waals surface area contributed by atoms with Crippen molar-refractivity contribution >= 4 is 5.96 Å². The summed E-state index contributed by atoms with van der Waals surface area (Å²) in [5, 5.41) is 3.42. The molecule has 0 saturated carbocycles. The quantitative estimate of drug-likeness (QED) is 0.478. The minimum Gasteiger partial charge on any atom is -0.494 e. The molecule has 0 radical (unpaired) electrons. The van der Waals surface area contributed by atoms with Gasteiger partial charge in [-0.25, -0.2) is 9.98 Å². The summed E-state index contributed by atoms with van der Waals surface area (Å²) >= 11 is 0. The molecule has 31 heavy (non-hydrogen) atoms. The molecule has 2 heterocycles. The van der Waals surface area contributed by atoms with Crippen molar-refractivity contribution in [1.82, 2.24) is 15.2 Å². The van der Waals surface area contributed by atoms with Crippen LogP contribution in [-0.4, -0.2) is 54.8 Å². The van der Waals surface area contributed by atoms with Crippen molar-refractivity contribution < 1.29 is 14.2 Å². The van der Waals surface area contributed by atoms with E-state index in [1.165, 1.54) is 0 Å². The first-order chi connectivity index (χ1) is 15.2. The summed E-state index contributed by atoms with van der Waals surface area (Å²) in [6.45, 7) is 10.9. The van der Waals surface area contributed by atoms with E-state index in [0.29, 0.717) is 25.1 Å². The maximum absolute atomic E-state index is 5.90. The van der Waals surface area contributed by atoms with Crippen LogP contribution in [0.5, 0.6) is 17.4 Å². The molecule has 1 aliphatic rings. The average Bonchev–Trinajstić information content (AvgIpc) is 2.79. The van der Waals surface area contributed by atoms with E-state index in [4.69, 9.17) is 19.2 Å². The summed E-state index contributed by atoms with van der Waals surface area (Å²) in [5.74, 6) is 3.05. The number of rotatable bonds is 9. The number of aromatic nitrogens is 1. The van der Waals surface area contributed by atoms with Crippen LogP contribution in [0.2, 0.25) is 0 Å². The maximum atomic E-state index is 5.90. The lowest BCUT2D eigenvalue weighted by Crippen LogP contribution is -2.47. The fourth-order valence-corrected chi connectivity index (χ4v) is 3.56. The molecule has 1 aliphatic heterocycles. The van der Waals surface area contributed by atoms with Gasteiger partial charge in [0, 0.05) is 38.5 Å². The molecular formula is C24H34N4O3. The van der Waals surface area contributed by atoms with E-state index in [1.807, 2.05) is 43.3 Å². The van der Waals surface area contributed by atoms with Gasteiger partial charge in [0.05, 0.1) is 19.3 Å². The SMILES string of the molecule is CCNC(=NCc1ccnc(Oc2ccc(OCC)cc2)c1)N1CCC(OCC)CC1. The normalized spacial score (nSPS) is 15.1. The Labute approximate surface area is 185 Å². The molecule has 3 rings (SSSR count). The third-order valence-electron chi connectivity index (χ3n) is 5.05. The summed E-state index contributed by atoms with van der Waals surface area (Å²) in [6.07, 6.45) is 4.20. The molecule has 0 unspecified atom stereocenters. The van der Waals surface area contributed by atoms with Crippen molar-refractivity contribution in [3.8, 4) is 17.4 Å². The summed E-state index contributed by atoms with van der Waals surface area (Å²) in [6, 6.07) is 11.5. The van der Waals surface area contributed by atoms with E-state index in [2.05, 4.69) is 29.0 Å². The molecular weight excluding hydrogens is 392 g/mol. The van der Waals surface area contributed by atoms with Gasteiger partial charge in [-0.2, -0.15) is 0 Å². The van der Waals surface area contributed by atoms with Crippen LogP contribution in [0, 0.1) is 0 Å². The number of aliphatic imine (C=N–C) groups is 1. The Kier molecular flexibility index (Phi) is 8.97. The summed E-state index contributed by atoms with van der Waals surface area (Å²) < 4.78 is 17.1. The van der Waals surface area contributed by atoms with E-state index in [-0.39, 0.29) is 0 Å². The lowest BCUT2D eigenvalue weighted by atomic mass is 10.1. The second-order valence-corrected chi connectivity index (χ2v) is 7.32. The number of piperidine rings is 1. The second-order valence-electron chi connectivity index (χ2n) is 7.32. The first kappa shape index (κ1) is 22.9. The Morgan fingerprint density at radius 3 is 2.48 bits per heavy atom. The number of hydrogen-bond acceptors (Lipinski definition) is 5. The molecule has 0 aliphatic carbocycles. The molecule has 0 atom stereocenters. The van der Waals surface area contributed by atoms with Gasteiger partial charge in [0.2, 0.25) is 5.88 Å². The van der Waals surface area contributed by atoms with Crippen LogP contribution in [0.1, 0.15) is 39.2 Å². The molecule has 168 valence electrons. The highest BCUT2D eigenvalue weighted by Gasteiger charge is 2.21. The van der Waals surface area contributed by atoms with E-state index >= 15 is 0 Å². The van der Waals surface area contributed by atoms with Crippen molar-refractivity contribution in [2.75, 3.05) is 32.8 Å². The Morgan fingerprint density at radius 1 is 1.06 bits per heavy atom. The number of benzene rings is 1. The topological polar surface area (TPSA) is 68.2 Å². The van der Waals surface area contributed by atoms with Gasteiger partial charge in [-0.3, -0.25) is 0 Å². The number of ether oxygens (including phenoxy) is 3. The molecule has 0 bridgehead atoms. The van der Waals surface area contributed by atoms with Crippen molar-refractivity contribution in [1.29, 1.82) is 0 Å². The average molecular weight is 427 g/mol. The highest BCUT2D eigenvalue weighted by atomic mass is 16.5. The zero-order valence-corrected chi connectivity index (χ0v) is 18.8. The Morgan fingerprint density at radius 2 is 1.81 bits per heavy atom. The van der Waals surface area contributed by atoms with Gasteiger partial charge in [-0.1, -0.05) is 0 Å². The van der Waals surface area contributed by atoms with Crippen LogP contribution in [-0.2, 0) is 11.3 Å². The van der Waals surface area contributed by atoms with Crippen LogP contribution in [0.15, 0.2) is 47.6 Å². The third kappa shape index (κ3) is 7.14. The second kappa shape index (κ2) is 12.2. The minimum absolute atomic E-state index is 0.367. The first-order valence-corrected chi connectivity index (χ1v) is 11.2. The molecule has 1 aromatic carbocycles. The Hall–Kier alpha value is -2.80. The maximum Gasteiger partial charge on any atom is 0.219 e. The standard InChI is InChI=1S/C24H34N4O3/c1-4-25-24(28-15-12-21(13-16-28)30-6-3)27-18-19-11-14-26-23(17-19)31-22-9-7-20(8-10-22)29-5-2/h7-11,14,17,21H,4-6,12-13,15-16,18H2,1-3H3,(H,25,27). The van der Waals surface area contributed by atoms with Gasteiger partial charge in [-0.05, 0) is 69.5 Å². The Bertz CT molecular complexity index is 818. The monoisotopic (exact) mass is 426 g/mol. The fourth-order valence-electron chi connectivity index (χ4n) is 3.56. The predicted octanol–water partition coefficient (Wildman–Crippen LogP) is 4.24. The predicted molar refractivity (Wildman–Crippen MR) is 123 cm³/mol. The molecule has 1 N–H and O–H groups in total. The van der Waals surface area contributed by atoms with E-state index in [9.17, 15) is 0 Å². The summed E-state index contributed by atoms with van der Waals surface area (Å²) in [5.41, 5.74) is 1.05. The van der Waals surface area contributed by atoms with Crippen LogP contribution in [0.3, 0.4) is 0 Å². The number of guanidine groups is 1. The van der Waals surface area contributed by atoms with Crippen LogP contribution in [0.4, 0.5) is 0 Å². The van der Waals surface area contributed by atoms with E-state index in [1.54, 1.807) is 6.20 Å². The number of hydrogen-bond donors (Lipinski definition) is 1. The minimum atomic E-state index is 0.367. The lowest BCUT2D eigenvalue weighted by molar-refractivity contribution is 0.0263. The van der Waals surface area contributed by atoms with Gasteiger partial charge in [0.15, 0.2) is 5.96 Å². The van der Waals surface area contributed by atoms with Crippen molar-refractivity contribution in [2.24, 2.45) is 4.99 Å². The van der Waals surface area contributed by atoms with Gasteiger partial charge in [0.25, 0.3) is 0 Å². The summed E-state index contributed by atoms with van der Waals surface area (Å²) in [7, 11) is 0. The molecule has 0 amide bonds. The first-order valence-electron chi connectivity index (χ1n) is 11.2. The lowest BCUT2D eigenvalue weighted by Gasteiger charge is -2.34. The van der Waals surface area contributed by atoms with Crippen molar-refractivity contribution in [3.63, 3.8) is 0 Å². The van der Waals surface area contributed by atoms with Crippen LogP contribution < -0.4 is 14.8 Å². The third-order valence-corrected chi connectivity index (χ3v) is 5.05. The molecule has 0 spiro atoms. The highest BCUT2D eigenvalue weighted by Crippen LogP contribution is 2.23. The van der Waals surface area contributed by atoms with Crippen molar-refractivity contribution in [2.45, 2.75) is 46.3 Å². The molecule has 1 saturated heterocycles. The molecule has 7 nitrogen and oxygen atoms in total. The number of pyridine rings is 1. The molecule has 2 aromatic rings. The van der Waals surface area contributed by atoms with Crippen LogP contribution in [0.25, 0.3) is 0 Å². The molecule has 1 aromatic heterocycles. The van der Waals surface area contributed by atoms with Crippen LogP contribution >= 0.6 is 0 Å². The van der Waals surface area contributed by atoms with E-state index in [0.717, 1.165) is 62.1 Å². The number of nitrogens with zero attached hydrogens (tertiary/aromatic N) is 3. The highest BCUT2D eigenvalue weighted by molar-refractivity contribution is 5.80. The van der Waals surface area contributed by atoms with Crippen molar-refractivity contribution in [3.05, 3.63) is 48.2 Å². The number of likely N-dealkylation sites (tertiary alicyclic amines) is 1. The van der Waals surface area contributed by atoms with E-state index < -0.39 is 0 Å². The zero-order valence-electron chi connectivity index (χ0n) is 18.8.